The molecule has 0 bridgehead atoms. The zero-order chi connectivity index (χ0) is 31.1. The van der Waals surface area contributed by atoms with E-state index in [0.29, 0.717) is 33.9 Å². The van der Waals surface area contributed by atoms with Crippen molar-refractivity contribution in [1.82, 2.24) is 9.88 Å². The van der Waals surface area contributed by atoms with Crippen LogP contribution in [0.2, 0.25) is 0 Å². The minimum Gasteiger partial charge on any atom is -0.495 e. The number of pyridine rings is 1. The third kappa shape index (κ3) is 8.20. The van der Waals surface area contributed by atoms with Crippen molar-refractivity contribution < 1.29 is 36.9 Å². The number of carbonyl (C=O) groups is 1. The van der Waals surface area contributed by atoms with Crippen LogP contribution in [-0.2, 0) is 4.74 Å². The number of anilines is 3. The van der Waals surface area contributed by atoms with Crippen molar-refractivity contribution in [3.05, 3.63) is 72.3 Å². The largest absolute Gasteiger partial charge is 0.573 e. The van der Waals surface area contributed by atoms with Crippen LogP contribution in [0.5, 0.6) is 23.1 Å². The fourth-order valence-electron chi connectivity index (χ4n) is 4.78. The lowest BCUT2D eigenvalue weighted by molar-refractivity contribution is -0.274. The van der Waals surface area contributed by atoms with Crippen molar-refractivity contribution >= 4 is 34.0 Å². The SMILES string of the molecule is COc1ccc(OC(F)(F)F)cc1NC(=O)Nc1ccc(Oc2cc(C)cc(NCCN3CCOCC3)n2)c2ccccc12. The number of rotatable bonds is 10. The molecule has 2 heterocycles. The van der Waals surface area contributed by atoms with Gasteiger partial charge in [-0.1, -0.05) is 24.3 Å². The minimum atomic E-state index is -4.88. The number of aromatic nitrogens is 1. The summed E-state index contributed by atoms with van der Waals surface area (Å²) in [6.45, 7) is 6.89. The maximum Gasteiger partial charge on any atom is 0.573 e. The van der Waals surface area contributed by atoms with Gasteiger partial charge in [0.2, 0.25) is 5.88 Å². The highest BCUT2D eigenvalue weighted by Crippen LogP contribution is 2.35. The van der Waals surface area contributed by atoms with E-state index in [-0.39, 0.29) is 11.4 Å². The lowest BCUT2D eigenvalue weighted by Gasteiger charge is -2.26. The smallest absolute Gasteiger partial charge is 0.495 e. The summed E-state index contributed by atoms with van der Waals surface area (Å²) in [6, 6.07) is 17.2. The van der Waals surface area contributed by atoms with E-state index in [1.807, 2.05) is 43.3 Å². The van der Waals surface area contributed by atoms with Gasteiger partial charge < -0.3 is 34.9 Å². The van der Waals surface area contributed by atoms with Crippen LogP contribution in [0.4, 0.5) is 35.2 Å². The van der Waals surface area contributed by atoms with E-state index in [1.54, 1.807) is 12.1 Å². The molecule has 0 unspecified atom stereocenters. The molecular weight excluding hydrogens is 579 g/mol. The maximum absolute atomic E-state index is 12.9. The van der Waals surface area contributed by atoms with E-state index in [0.717, 1.165) is 57.1 Å². The summed E-state index contributed by atoms with van der Waals surface area (Å²) in [5.41, 5.74) is 1.42. The molecule has 44 heavy (non-hydrogen) atoms. The highest BCUT2D eigenvalue weighted by Gasteiger charge is 2.31. The van der Waals surface area contributed by atoms with Gasteiger partial charge in [0.25, 0.3) is 0 Å². The molecular formula is C31H32F3N5O5. The fourth-order valence-corrected chi connectivity index (χ4v) is 4.78. The first-order valence-corrected chi connectivity index (χ1v) is 13.9. The van der Waals surface area contributed by atoms with E-state index >= 15 is 0 Å². The highest BCUT2D eigenvalue weighted by molar-refractivity contribution is 6.08. The zero-order valence-electron chi connectivity index (χ0n) is 24.2. The van der Waals surface area contributed by atoms with E-state index in [1.165, 1.54) is 13.2 Å². The molecule has 1 aliphatic rings. The quantitative estimate of drug-likeness (QED) is 0.184. The van der Waals surface area contributed by atoms with E-state index in [9.17, 15) is 18.0 Å². The molecule has 0 atom stereocenters. The number of urea groups is 1. The average molecular weight is 612 g/mol. The Morgan fingerprint density at radius 2 is 1.68 bits per heavy atom. The van der Waals surface area contributed by atoms with Crippen LogP contribution in [-0.4, -0.2) is 68.8 Å². The second-order valence-electron chi connectivity index (χ2n) is 10.00. The molecule has 5 rings (SSSR count). The van der Waals surface area contributed by atoms with E-state index in [4.69, 9.17) is 14.2 Å². The van der Waals surface area contributed by atoms with Crippen LogP contribution in [0.1, 0.15) is 5.56 Å². The van der Waals surface area contributed by atoms with Gasteiger partial charge in [-0.2, -0.15) is 4.98 Å². The number of halogens is 3. The van der Waals surface area contributed by atoms with Crippen molar-refractivity contribution in [3.8, 4) is 23.1 Å². The van der Waals surface area contributed by atoms with Crippen molar-refractivity contribution in [3.63, 3.8) is 0 Å². The minimum absolute atomic E-state index is 0.00381. The molecule has 13 heteroatoms. The fraction of sp³-hybridized carbons (Fsp3) is 0.290. The number of hydrogen-bond acceptors (Lipinski definition) is 8. The first-order valence-electron chi connectivity index (χ1n) is 13.9. The van der Waals surface area contributed by atoms with Crippen LogP contribution >= 0.6 is 0 Å². The number of alkyl halides is 3. The van der Waals surface area contributed by atoms with Gasteiger partial charge in [0.15, 0.2) is 0 Å². The zero-order valence-corrected chi connectivity index (χ0v) is 24.2. The Labute approximate surface area is 252 Å². The Bertz CT molecular complexity index is 1610. The molecule has 3 aromatic carbocycles. The van der Waals surface area contributed by atoms with Crippen LogP contribution in [0, 0.1) is 6.92 Å². The third-order valence-electron chi connectivity index (χ3n) is 6.78. The van der Waals surface area contributed by atoms with Gasteiger partial charge in [-0.3, -0.25) is 4.90 Å². The van der Waals surface area contributed by atoms with E-state index < -0.39 is 18.1 Å². The van der Waals surface area contributed by atoms with Gasteiger partial charge in [0.05, 0.1) is 31.7 Å². The molecule has 4 aromatic rings. The number of hydrogen-bond donors (Lipinski definition) is 3. The molecule has 0 spiro atoms. The van der Waals surface area contributed by atoms with Crippen LogP contribution in [0.25, 0.3) is 10.8 Å². The average Bonchev–Trinajstić information content (AvgIpc) is 2.98. The molecule has 232 valence electrons. The first kappa shape index (κ1) is 30.7. The topological polar surface area (TPSA) is 106 Å². The Morgan fingerprint density at radius 3 is 2.43 bits per heavy atom. The molecule has 10 nitrogen and oxygen atoms in total. The van der Waals surface area contributed by atoms with Gasteiger partial charge in [-0.25, -0.2) is 4.79 Å². The molecule has 1 fully saturated rings. The van der Waals surface area contributed by atoms with Gasteiger partial charge in [0.1, 0.15) is 23.1 Å². The van der Waals surface area contributed by atoms with Crippen molar-refractivity contribution in [2.45, 2.75) is 13.3 Å². The number of benzene rings is 3. The summed E-state index contributed by atoms with van der Waals surface area (Å²) in [4.78, 5) is 19.9. The van der Waals surface area contributed by atoms with Crippen molar-refractivity contribution in [2.24, 2.45) is 0 Å². The standard InChI is InChI=1S/C31H32F3N5O5/c1-20-17-28(35-11-12-39-13-15-42-16-14-39)38-29(18-20)43-26-10-8-24(22-5-3-4-6-23(22)26)36-30(40)37-25-19-21(44-31(32,33)34)7-9-27(25)41-2/h3-10,17-19H,11-16H2,1-2H3,(H,35,38)(H2,36,37,40). The summed E-state index contributed by atoms with van der Waals surface area (Å²) in [5, 5.41) is 10.0. The number of aryl methyl sites for hydroxylation is 1. The van der Waals surface area contributed by atoms with Gasteiger partial charge >= 0.3 is 12.4 Å². The molecule has 3 N–H and O–H groups in total. The summed E-state index contributed by atoms with van der Waals surface area (Å²) < 4.78 is 58.9. The highest BCUT2D eigenvalue weighted by atomic mass is 19.4. The summed E-state index contributed by atoms with van der Waals surface area (Å²) in [5.74, 6) is 1.30. The van der Waals surface area contributed by atoms with Gasteiger partial charge in [0, 0.05) is 49.1 Å². The number of methoxy groups -OCH3 is 1. The maximum atomic E-state index is 12.9. The number of amides is 2. The first-order chi connectivity index (χ1) is 21.2. The predicted octanol–water partition coefficient (Wildman–Crippen LogP) is 6.63. The summed E-state index contributed by atoms with van der Waals surface area (Å²) in [7, 11) is 1.34. The number of ether oxygens (including phenoxy) is 4. The number of nitrogens with zero attached hydrogens (tertiary/aromatic N) is 2. The number of morpholine rings is 1. The molecule has 0 aliphatic carbocycles. The lowest BCUT2D eigenvalue weighted by Crippen LogP contribution is -2.39. The Hall–Kier alpha value is -4.75. The second kappa shape index (κ2) is 13.7. The Kier molecular flexibility index (Phi) is 9.56. The van der Waals surface area contributed by atoms with Crippen molar-refractivity contribution in [2.75, 3.05) is 62.5 Å². The molecule has 1 aromatic heterocycles. The van der Waals surface area contributed by atoms with Crippen molar-refractivity contribution in [1.29, 1.82) is 0 Å². The number of carbonyl (C=O) groups excluding carboxylic acids is 1. The summed E-state index contributed by atoms with van der Waals surface area (Å²) >= 11 is 0. The Balaban J connectivity index is 1.29. The normalized spacial score (nSPS) is 13.8. The lowest BCUT2D eigenvalue weighted by atomic mass is 10.1. The number of fused-ring (bicyclic) bond motifs is 1. The van der Waals surface area contributed by atoms with E-state index in [2.05, 4.69) is 30.6 Å². The van der Waals surface area contributed by atoms with Crippen LogP contribution in [0.3, 0.4) is 0 Å². The van der Waals surface area contributed by atoms with Gasteiger partial charge in [-0.05, 0) is 42.8 Å². The predicted molar refractivity (Wildman–Crippen MR) is 161 cm³/mol. The van der Waals surface area contributed by atoms with Crippen LogP contribution < -0.4 is 30.2 Å². The molecule has 1 saturated heterocycles. The second-order valence-corrected chi connectivity index (χ2v) is 10.00. The summed E-state index contributed by atoms with van der Waals surface area (Å²) in [6.07, 6.45) is -4.88. The van der Waals surface area contributed by atoms with Gasteiger partial charge in [-0.15, -0.1) is 13.2 Å². The Morgan fingerprint density at radius 1 is 0.955 bits per heavy atom. The third-order valence-corrected chi connectivity index (χ3v) is 6.78. The molecule has 0 radical (unpaired) electrons. The monoisotopic (exact) mass is 611 g/mol. The van der Waals surface area contributed by atoms with Crippen LogP contribution in [0.15, 0.2) is 66.7 Å². The molecule has 1 aliphatic heterocycles. The number of nitrogens with one attached hydrogen (secondary N) is 3. The molecule has 2 amide bonds. The molecule has 0 saturated carbocycles.